The van der Waals surface area contributed by atoms with Crippen molar-refractivity contribution in [1.29, 1.82) is 5.26 Å². The molecule has 0 bridgehead atoms. The van der Waals surface area contributed by atoms with Gasteiger partial charge in [-0.2, -0.15) is 5.26 Å². The number of hydrogen-bond donors (Lipinski definition) is 1. The van der Waals surface area contributed by atoms with Gasteiger partial charge < -0.3 is 5.32 Å². The minimum Gasteiger partial charge on any atom is -0.306 e. The molecule has 0 aliphatic heterocycles. The highest BCUT2D eigenvalue weighted by atomic mass is 19.1. The van der Waals surface area contributed by atoms with Crippen LogP contribution in [-0.4, -0.2) is 0 Å². The Balaban J connectivity index is 2.01. The van der Waals surface area contributed by atoms with Crippen molar-refractivity contribution in [1.82, 2.24) is 5.32 Å². The van der Waals surface area contributed by atoms with Gasteiger partial charge in [0.1, 0.15) is 5.82 Å². The summed E-state index contributed by atoms with van der Waals surface area (Å²) in [6.07, 6.45) is 0. The van der Waals surface area contributed by atoms with Gasteiger partial charge in [0.15, 0.2) is 0 Å². The van der Waals surface area contributed by atoms with Crippen LogP contribution in [0.25, 0.3) is 0 Å². The molecule has 3 heteroatoms. The van der Waals surface area contributed by atoms with Crippen molar-refractivity contribution < 1.29 is 4.39 Å². The summed E-state index contributed by atoms with van der Waals surface area (Å²) >= 11 is 0. The molecular formula is C17H17FN2. The number of aryl methyl sites for hydroxylation is 1. The van der Waals surface area contributed by atoms with E-state index in [9.17, 15) is 4.39 Å². The average Bonchev–Trinajstić information content (AvgIpc) is 2.46. The zero-order chi connectivity index (χ0) is 14.5. The molecule has 0 fully saturated rings. The van der Waals surface area contributed by atoms with Crippen molar-refractivity contribution in [2.45, 2.75) is 26.4 Å². The Morgan fingerprint density at radius 3 is 2.50 bits per heavy atom. The van der Waals surface area contributed by atoms with Gasteiger partial charge in [0.25, 0.3) is 0 Å². The van der Waals surface area contributed by atoms with Crippen molar-refractivity contribution in [2.24, 2.45) is 0 Å². The molecule has 0 heterocycles. The molecular weight excluding hydrogens is 251 g/mol. The highest BCUT2D eigenvalue weighted by Crippen LogP contribution is 2.15. The molecule has 2 aromatic carbocycles. The largest absolute Gasteiger partial charge is 0.306 e. The number of rotatable bonds is 4. The number of nitrogens with one attached hydrogen (secondary N) is 1. The van der Waals surface area contributed by atoms with Crippen LogP contribution in [0.2, 0.25) is 0 Å². The lowest BCUT2D eigenvalue weighted by Crippen LogP contribution is -2.18. The molecule has 0 unspecified atom stereocenters. The Hall–Kier alpha value is -2.18. The second-order valence-corrected chi connectivity index (χ2v) is 4.93. The molecule has 2 aromatic rings. The van der Waals surface area contributed by atoms with E-state index in [1.807, 2.05) is 19.9 Å². The van der Waals surface area contributed by atoms with E-state index < -0.39 is 0 Å². The predicted octanol–water partition coefficient (Wildman–Crippen LogP) is 3.86. The van der Waals surface area contributed by atoms with Gasteiger partial charge in [-0.1, -0.05) is 35.9 Å². The Kier molecular flexibility index (Phi) is 4.49. The van der Waals surface area contributed by atoms with Gasteiger partial charge in [-0.05, 0) is 31.5 Å². The van der Waals surface area contributed by atoms with Crippen molar-refractivity contribution in [3.63, 3.8) is 0 Å². The van der Waals surface area contributed by atoms with Crippen LogP contribution < -0.4 is 5.32 Å². The smallest absolute Gasteiger partial charge is 0.129 e. The van der Waals surface area contributed by atoms with Crippen LogP contribution in [0.1, 0.15) is 35.2 Å². The maximum atomic E-state index is 13.8. The van der Waals surface area contributed by atoms with Crippen LogP contribution in [0.15, 0.2) is 42.5 Å². The first kappa shape index (κ1) is 14.2. The first-order chi connectivity index (χ1) is 9.60. The number of nitrogens with zero attached hydrogens (tertiary/aromatic N) is 1. The Labute approximate surface area is 118 Å². The molecule has 0 aliphatic carbocycles. The van der Waals surface area contributed by atoms with Gasteiger partial charge in [0.2, 0.25) is 0 Å². The summed E-state index contributed by atoms with van der Waals surface area (Å²) in [6, 6.07) is 14.9. The maximum absolute atomic E-state index is 13.8. The molecule has 0 spiro atoms. The minimum absolute atomic E-state index is 0.144. The fraction of sp³-hybridized carbons (Fsp3) is 0.235. The monoisotopic (exact) mass is 268 g/mol. The Bertz CT molecular complexity index is 626. The van der Waals surface area contributed by atoms with Crippen molar-refractivity contribution in [2.75, 3.05) is 0 Å². The van der Waals surface area contributed by atoms with Crippen molar-refractivity contribution in [3.05, 3.63) is 70.5 Å². The van der Waals surface area contributed by atoms with Gasteiger partial charge in [0.05, 0.1) is 11.6 Å². The van der Waals surface area contributed by atoms with E-state index in [0.717, 1.165) is 0 Å². The van der Waals surface area contributed by atoms with E-state index >= 15 is 0 Å². The highest BCUT2D eigenvalue weighted by Gasteiger charge is 2.07. The van der Waals surface area contributed by atoms with Crippen LogP contribution in [0.4, 0.5) is 4.39 Å². The van der Waals surface area contributed by atoms with Crippen LogP contribution in [0.3, 0.4) is 0 Å². The van der Waals surface area contributed by atoms with E-state index in [1.54, 1.807) is 12.1 Å². The van der Waals surface area contributed by atoms with Gasteiger partial charge in [0, 0.05) is 18.2 Å². The normalized spacial score (nSPS) is 11.9. The standard InChI is InChI=1S/C17H17FN2/c1-12-3-6-15(7-4-12)13(2)20-11-16-8-5-14(10-19)9-17(16)18/h3-9,13,20H,11H2,1-2H3/t13-/m1/s1. The summed E-state index contributed by atoms with van der Waals surface area (Å²) in [7, 11) is 0. The Morgan fingerprint density at radius 2 is 1.90 bits per heavy atom. The molecule has 20 heavy (non-hydrogen) atoms. The van der Waals surface area contributed by atoms with Gasteiger partial charge >= 0.3 is 0 Å². The first-order valence-corrected chi connectivity index (χ1v) is 6.58. The molecule has 102 valence electrons. The molecule has 0 aliphatic rings. The van der Waals surface area contributed by atoms with Gasteiger partial charge in [-0.25, -0.2) is 4.39 Å². The maximum Gasteiger partial charge on any atom is 0.129 e. The number of hydrogen-bond acceptors (Lipinski definition) is 2. The molecule has 0 saturated carbocycles. The van der Waals surface area contributed by atoms with Gasteiger partial charge in [-0.15, -0.1) is 0 Å². The lowest BCUT2D eigenvalue weighted by molar-refractivity contribution is 0.544. The lowest BCUT2D eigenvalue weighted by atomic mass is 10.1. The number of benzene rings is 2. The third-order valence-corrected chi connectivity index (χ3v) is 3.36. The molecule has 0 radical (unpaired) electrons. The summed E-state index contributed by atoms with van der Waals surface area (Å²) in [5.41, 5.74) is 3.31. The van der Waals surface area contributed by atoms with Crippen LogP contribution in [-0.2, 0) is 6.54 Å². The second kappa shape index (κ2) is 6.31. The SMILES string of the molecule is Cc1ccc([C@@H](C)NCc2ccc(C#N)cc2F)cc1. The molecule has 0 aromatic heterocycles. The summed E-state index contributed by atoms with van der Waals surface area (Å²) in [5, 5.41) is 12.0. The third-order valence-electron chi connectivity index (χ3n) is 3.36. The third kappa shape index (κ3) is 3.43. The van der Waals surface area contributed by atoms with Gasteiger partial charge in [-0.3, -0.25) is 0 Å². The number of nitriles is 1. The summed E-state index contributed by atoms with van der Waals surface area (Å²) in [5.74, 6) is -0.340. The Morgan fingerprint density at radius 1 is 1.20 bits per heavy atom. The summed E-state index contributed by atoms with van der Waals surface area (Å²) < 4.78 is 13.8. The second-order valence-electron chi connectivity index (χ2n) is 4.93. The van der Waals surface area contributed by atoms with Crippen molar-refractivity contribution >= 4 is 0 Å². The van der Waals surface area contributed by atoms with E-state index in [4.69, 9.17) is 5.26 Å². The lowest BCUT2D eigenvalue weighted by Gasteiger charge is -2.15. The summed E-state index contributed by atoms with van der Waals surface area (Å²) in [6.45, 7) is 4.53. The fourth-order valence-corrected chi connectivity index (χ4v) is 2.00. The summed E-state index contributed by atoms with van der Waals surface area (Å²) in [4.78, 5) is 0. The van der Waals surface area contributed by atoms with Crippen molar-refractivity contribution in [3.8, 4) is 6.07 Å². The first-order valence-electron chi connectivity index (χ1n) is 6.58. The quantitative estimate of drug-likeness (QED) is 0.914. The van der Waals surface area contributed by atoms with E-state index in [1.165, 1.54) is 17.2 Å². The van der Waals surface area contributed by atoms with E-state index in [0.29, 0.717) is 17.7 Å². The highest BCUT2D eigenvalue weighted by molar-refractivity contribution is 5.33. The molecule has 0 saturated heterocycles. The topological polar surface area (TPSA) is 35.8 Å². The van der Waals surface area contributed by atoms with Crippen LogP contribution >= 0.6 is 0 Å². The predicted molar refractivity (Wildman–Crippen MR) is 77.5 cm³/mol. The molecule has 0 amide bonds. The van der Waals surface area contributed by atoms with Crippen LogP contribution in [0.5, 0.6) is 0 Å². The molecule has 2 nitrogen and oxygen atoms in total. The molecule has 1 N–H and O–H groups in total. The fourth-order valence-electron chi connectivity index (χ4n) is 2.00. The van der Waals surface area contributed by atoms with E-state index in [2.05, 4.69) is 29.6 Å². The molecule has 1 atom stereocenters. The van der Waals surface area contributed by atoms with Crippen LogP contribution in [0, 0.1) is 24.1 Å². The minimum atomic E-state index is -0.340. The zero-order valence-corrected chi connectivity index (χ0v) is 11.7. The molecule has 2 rings (SSSR count). The average molecular weight is 268 g/mol. The number of halogens is 1. The zero-order valence-electron chi connectivity index (χ0n) is 11.7. The van der Waals surface area contributed by atoms with E-state index in [-0.39, 0.29) is 11.9 Å².